The van der Waals surface area contributed by atoms with Crippen LogP contribution in [-0.2, 0) is 0 Å². The van der Waals surface area contributed by atoms with Crippen molar-refractivity contribution in [1.82, 2.24) is 5.32 Å². The smallest absolute Gasteiger partial charge is 0.161 e. The summed E-state index contributed by atoms with van der Waals surface area (Å²) in [6.07, 6.45) is -2.70. The minimum Gasteiger partial charge on any atom is -0.493 e. The Bertz CT molecular complexity index is 443. The van der Waals surface area contributed by atoms with Gasteiger partial charge in [0.2, 0.25) is 0 Å². The molecule has 0 radical (unpaired) electrons. The van der Waals surface area contributed by atoms with Gasteiger partial charge >= 0.3 is 0 Å². The molecule has 0 aliphatic carbocycles. The maximum absolute atomic E-state index is 13.7. The van der Waals surface area contributed by atoms with E-state index in [1.165, 1.54) is 14.2 Å². The van der Waals surface area contributed by atoms with E-state index in [1.807, 2.05) is 0 Å². The van der Waals surface area contributed by atoms with Crippen molar-refractivity contribution in [3.63, 3.8) is 0 Å². The zero-order chi connectivity index (χ0) is 14.0. The summed E-state index contributed by atoms with van der Waals surface area (Å²) in [5, 5.41) is 21.8. The van der Waals surface area contributed by atoms with Crippen molar-refractivity contribution in [3.8, 4) is 11.5 Å². The highest BCUT2D eigenvalue weighted by molar-refractivity contribution is 5.44. The first-order valence-corrected chi connectivity index (χ1v) is 6.03. The molecule has 19 heavy (non-hydrogen) atoms. The zero-order valence-corrected chi connectivity index (χ0v) is 10.8. The molecule has 6 heteroatoms. The van der Waals surface area contributed by atoms with Crippen LogP contribution in [0.3, 0.4) is 0 Å². The molecule has 0 bridgehead atoms. The number of rotatable bonds is 4. The van der Waals surface area contributed by atoms with Crippen molar-refractivity contribution in [2.75, 3.05) is 20.8 Å². The molecule has 1 aliphatic heterocycles. The van der Waals surface area contributed by atoms with Crippen molar-refractivity contribution in [3.05, 3.63) is 23.8 Å². The Morgan fingerprint density at radius 2 is 1.95 bits per heavy atom. The van der Waals surface area contributed by atoms with E-state index in [2.05, 4.69) is 5.32 Å². The number of hydrogen-bond donors (Lipinski definition) is 3. The Kier molecular flexibility index (Phi) is 4.24. The number of nitrogens with one attached hydrogen (secondary N) is 1. The molecular formula is C13H18FNO4. The molecule has 1 aliphatic rings. The van der Waals surface area contributed by atoms with E-state index in [0.717, 1.165) is 0 Å². The lowest BCUT2D eigenvalue weighted by atomic mass is 10.0. The van der Waals surface area contributed by atoms with Crippen LogP contribution in [-0.4, -0.2) is 49.4 Å². The molecule has 5 nitrogen and oxygen atoms in total. The highest BCUT2D eigenvalue weighted by atomic mass is 19.1. The fourth-order valence-electron chi connectivity index (χ4n) is 2.34. The van der Waals surface area contributed by atoms with Crippen molar-refractivity contribution in [1.29, 1.82) is 0 Å². The van der Waals surface area contributed by atoms with E-state index in [9.17, 15) is 9.50 Å². The van der Waals surface area contributed by atoms with Gasteiger partial charge in [-0.2, -0.15) is 0 Å². The van der Waals surface area contributed by atoms with Crippen molar-refractivity contribution in [2.24, 2.45) is 0 Å². The molecule has 0 saturated carbocycles. The monoisotopic (exact) mass is 271 g/mol. The van der Waals surface area contributed by atoms with Gasteiger partial charge in [0.25, 0.3) is 0 Å². The summed E-state index contributed by atoms with van der Waals surface area (Å²) in [5.74, 6) is 1.08. The maximum Gasteiger partial charge on any atom is 0.161 e. The lowest BCUT2D eigenvalue weighted by molar-refractivity contribution is 0.0760. The molecule has 3 N–H and O–H groups in total. The first-order chi connectivity index (χ1) is 9.12. The van der Waals surface area contributed by atoms with Gasteiger partial charge in [-0.15, -0.1) is 0 Å². The summed E-state index contributed by atoms with van der Waals surface area (Å²) in [6.45, 7) is -0.359. The van der Waals surface area contributed by atoms with Crippen LogP contribution in [0.2, 0.25) is 0 Å². The number of aliphatic hydroxyl groups is 2. The van der Waals surface area contributed by atoms with Gasteiger partial charge < -0.3 is 19.7 Å². The molecule has 0 amide bonds. The zero-order valence-electron chi connectivity index (χ0n) is 10.8. The quantitative estimate of drug-likeness (QED) is 0.740. The van der Waals surface area contributed by atoms with E-state index in [1.54, 1.807) is 18.2 Å². The molecule has 0 spiro atoms. The molecule has 2 rings (SSSR count). The van der Waals surface area contributed by atoms with Crippen molar-refractivity contribution >= 4 is 0 Å². The van der Waals surface area contributed by atoms with E-state index in [0.29, 0.717) is 17.1 Å². The van der Waals surface area contributed by atoms with E-state index in [4.69, 9.17) is 14.6 Å². The number of hydrogen-bond acceptors (Lipinski definition) is 5. The first-order valence-electron chi connectivity index (χ1n) is 6.03. The van der Waals surface area contributed by atoms with E-state index in [-0.39, 0.29) is 6.61 Å². The minimum atomic E-state index is -1.50. The number of ether oxygens (including phenoxy) is 2. The van der Waals surface area contributed by atoms with Crippen LogP contribution in [0.25, 0.3) is 0 Å². The second-order valence-corrected chi connectivity index (χ2v) is 4.48. The molecule has 1 saturated heterocycles. The first kappa shape index (κ1) is 14.0. The SMILES string of the molecule is COc1ccc([C@@H]2N[C@@H](CO)[C@H](F)[C@H]2O)cc1OC. The van der Waals surface area contributed by atoms with Gasteiger partial charge in [0.05, 0.1) is 32.9 Å². The third-order valence-corrected chi connectivity index (χ3v) is 3.41. The number of methoxy groups -OCH3 is 2. The largest absolute Gasteiger partial charge is 0.493 e. The van der Waals surface area contributed by atoms with Crippen LogP contribution in [0.4, 0.5) is 4.39 Å². The fourth-order valence-corrected chi connectivity index (χ4v) is 2.34. The van der Waals surface area contributed by atoms with Crippen LogP contribution < -0.4 is 14.8 Å². The predicted octanol–water partition coefficient (Wildman–Crippen LogP) is 0.408. The topological polar surface area (TPSA) is 71.0 Å². The highest BCUT2D eigenvalue weighted by Gasteiger charge is 2.42. The molecule has 0 aromatic heterocycles. The lowest BCUT2D eigenvalue weighted by Crippen LogP contribution is -2.33. The number of benzene rings is 1. The summed E-state index contributed by atoms with van der Waals surface area (Å²) in [6, 6.07) is 3.78. The molecule has 1 heterocycles. The van der Waals surface area contributed by atoms with Gasteiger partial charge in [0.1, 0.15) is 12.3 Å². The number of aliphatic hydroxyl groups excluding tert-OH is 2. The van der Waals surface area contributed by atoms with Crippen LogP contribution in [0.15, 0.2) is 18.2 Å². The number of halogens is 1. The van der Waals surface area contributed by atoms with Crippen LogP contribution >= 0.6 is 0 Å². The molecule has 106 valence electrons. The van der Waals surface area contributed by atoms with Gasteiger partial charge in [-0.1, -0.05) is 6.07 Å². The standard InChI is InChI=1S/C13H18FNO4/c1-18-9-4-3-7(5-10(9)19-2)12-13(17)11(14)8(6-16)15-12/h3-5,8,11-13,15-17H,6H2,1-2H3/t8-,11-,12-,13+/m0/s1. The third-order valence-electron chi connectivity index (χ3n) is 3.41. The second-order valence-electron chi connectivity index (χ2n) is 4.48. The van der Waals surface area contributed by atoms with Gasteiger partial charge in [-0.05, 0) is 17.7 Å². The van der Waals surface area contributed by atoms with Gasteiger partial charge in [0.15, 0.2) is 11.5 Å². The fraction of sp³-hybridized carbons (Fsp3) is 0.538. The Balaban J connectivity index is 2.27. The molecule has 0 unspecified atom stereocenters. The number of alkyl halides is 1. The summed E-state index contributed by atoms with van der Waals surface area (Å²) in [5.41, 5.74) is 0.684. The van der Waals surface area contributed by atoms with Crippen molar-refractivity contribution in [2.45, 2.75) is 24.4 Å². The van der Waals surface area contributed by atoms with Crippen molar-refractivity contribution < 1.29 is 24.1 Å². The van der Waals surface area contributed by atoms with Crippen LogP contribution in [0.1, 0.15) is 11.6 Å². The summed E-state index contributed by atoms with van der Waals surface area (Å²) >= 11 is 0. The summed E-state index contributed by atoms with van der Waals surface area (Å²) in [4.78, 5) is 0. The Labute approximate surface area is 111 Å². The Hall–Kier alpha value is -1.37. The lowest BCUT2D eigenvalue weighted by Gasteiger charge is -2.17. The van der Waals surface area contributed by atoms with E-state index >= 15 is 0 Å². The minimum absolute atomic E-state index is 0.359. The van der Waals surface area contributed by atoms with Crippen LogP contribution in [0.5, 0.6) is 11.5 Å². The molecule has 1 aromatic rings. The second kappa shape index (κ2) is 5.73. The summed E-state index contributed by atoms with van der Waals surface area (Å²) < 4.78 is 24.0. The summed E-state index contributed by atoms with van der Waals surface area (Å²) in [7, 11) is 3.04. The Morgan fingerprint density at radius 3 is 2.47 bits per heavy atom. The Morgan fingerprint density at radius 1 is 1.26 bits per heavy atom. The molecule has 1 fully saturated rings. The molecular weight excluding hydrogens is 253 g/mol. The molecule has 4 atom stereocenters. The van der Waals surface area contributed by atoms with Gasteiger partial charge in [-0.3, -0.25) is 5.32 Å². The van der Waals surface area contributed by atoms with Gasteiger partial charge in [0, 0.05) is 0 Å². The van der Waals surface area contributed by atoms with E-state index < -0.39 is 24.4 Å². The highest BCUT2D eigenvalue weighted by Crippen LogP contribution is 2.34. The van der Waals surface area contributed by atoms with Crippen LogP contribution in [0, 0.1) is 0 Å². The third kappa shape index (κ3) is 2.51. The normalized spacial score (nSPS) is 30.4. The van der Waals surface area contributed by atoms with Gasteiger partial charge in [-0.25, -0.2) is 4.39 Å². The average Bonchev–Trinajstić information content (AvgIpc) is 2.74. The molecule has 1 aromatic carbocycles. The average molecular weight is 271 g/mol. The predicted molar refractivity (Wildman–Crippen MR) is 67.2 cm³/mol. The maximum atomic E-state index is 13.7.